The summed E-state index contributed by atoms with van der Waals surface area (Å²) in [6.45, 7) is 1.53. The number of amides is 1. The highest BCUT2D eigenvalue weighted by Crippen LogP contribution is 2.37. The Morgan fingerprint density at radius 2 is 2.05 bits per heavy atom. The molecular weight excluding hydrogens is 264 g/mol. The van der Waals surface area contributed by atoms with E-state index in [1.165, 1.54) is 25.7 Å². The van der Waals surface area contributed by atoms with Crippen molar-refractivity contribution in [2.75, 3.05) is 20.3 Å². The number of carbonyl (C=O) groups is 1. The van der Waals surface area contributed by atoms with Crippen LogP contribution in [0.1, 0.15) is 44.9 Å². The fraction of sp³-hybridized carbons (Fsp3) is 0.929. The Morgan fingerprint density at radius 3 is 2.58 bits per heavy atom. The fourth-order valence-corrected chi connectivity index (χ4v) is 3.48. The van der Waals surface area contributed by atoms with E-state index >= 15 is 0 Å². The summed E-state index contributed by atoms with van der Waals surface area (Å²) in [7, 11) is 1.75. The summed E-state index contributed by atoms with van der Waals surface area (Å²) in [6, 6.07) is 0.222. The Bertz CT molecular complexity index is 293. The van der Waals surface area contributed by atoms with Crippen LogP contribution in [-0.2, 0) is 9.53 Å². The van der Waals surface area contributed by atoms with Gasteiger partial charge in [0.05, 0.1) is 6.61 Å². The number of nitrogens with two attached hydrogens (primary N) is 1. The Hall–Kier alpha value is -0.320. The molecule has 0 aliphatic heterocycles. The van der Waals surface area contributed by atoms with Gasteiger partial charge < -0.3 is 15.8 Å². The van der Waals surface area contributed by atoms with Gasteiger partial charge in [-0.2, -0.15) is 0 Å². The molecule has 2 aliphatic carbocycles. The minimum absolute atomic E-state index is 0. The molecular formula is C14H27ClN2O2. The van der Waals surface area contributed by atoms with Gasteiger partial charge in [-0.05, 0) is 32.1 Å². The second-order valence-electron chi connectivity index (χ2n) is 6.13. The molecule has 2 rings (SSSR count). The van der Waals surface area contributed by atoms with E-state index in [0.29, 0.717) is 0 Å². The summed E-state index contributed by atoms with van der Waals surface area (Å²) in [6.07, 6.45) is 7.65. The first-order valence-corrected chi connectivity index (χ1v) is 7.17. The zero-order chi connectivity index (χ0) is 13.0. The first-order chi connectivity index (χ1) is 8.65. The maximum atomic E-state index is 12.1. The molecule has 5 heteroatoms. The van der Waals surface area contributed by atoms with E-state index in [4.69, 9.17) is 10.5 Å². The van der Waals surface area contributed by atoms with E-state index in [1.54, 1.807) is 7.11 Å². The largest absolute Gasteiger partial charge is 0.384 e. The predicted octanol–water partition coefficient (Wildman–Crippen LogP) is 1.86. The summed E-state index contributed by atoms with van der Waals surface area (Å²) in [5.74, 6) is 0.339. The van der Waals surface area contributed by atoms with E-state index in [9.17, 15) is 4.79 Å². The van der Waals surface area contributed by atoms with Gasteiger partial charge in [0.2, 0.25) is 5.91 Å². The monoisotopic (exact) mass is 290 g/mol. The van der Waals surface area contributed by atoms with E-state index in [0.717, 1.165) is 32.4 Å². The molecule has 0 aromatic heterocycles. The van der Waals surface area contributed by atoms with Gasteiger partial charge in [-0.1, -0.05) is 12.8 Å². The molecule has 0 spiro atoms. The van der Waals surface area contributed by atoms with Crippen LogP contribution in [0.4, 0.5) is 0 Å². The normalized spacial score (nSPS) is 28.9. The molecule has 2 saturated carbocycles. The molecule has 0 radical (unpaired) electrons. The second-order valence-corrected chi connectivity index (χ2v) is 6.13. The summed E-state index contributed by atoms with van der Waals surface area (Å²) < 4.78 is 5.33. The SMILES string of the molecule is COCC1(CNC(=O)[C@H]2CC[C@@H](N)C2)CCCC1.Cl. The van der Waals surface area contributed by atoms with Gasteiger partial charge in [0, 0.05) is 31.0 Å². The molecule has 0 aromatic carbocycles. The molecule has 0 bridgehead atoms. The summed E-state index contributed by atoms with van der Waals surface area (Å²) in [5, 5.41) is 3.14. The lowest BCUT2D eigenvalue weighted by molar-refractivity contribution is -0.125. The minimum Gasteiger partial charge on any atom is -0.384 e. The van der Waals surface area contributed by atoms with Gasteiger partial charge in [-0.3, -0.25) is 4.79 Å². The number of ether oxygens (including phenoxy) is 1. The molecule has 0 heterocycles. The Balaban J connectivity index is 0.00000180. The van der Waals surface area contributed by atoms with Crippen LogP contribution < -0.4 is 11.1 Å². The number of nitrogens with one attached hydrogen (secondary N) is 1. The van der Waals surface area contributed by atoms with Crippen LogP contribution in [0, 0.1) is 11.3 Å². The van der Waals surface area contributed by atoms with Crippen molar-refractivity contribution >= 4 is 18.3 Å². The Morgan fingerprint density at radius 1 is 1.37 bits per heavy atom. The standard InChI is InChI=1S/C14H26N2O2.ClH/c1-18-10-14(6-2-3-7-14)9-16-13(17)11-4-5-12(15)8-11;/h11-12H,2-10,15H2,1H3,(H,16,17);1H/t11-,12+;/m0./s1. The van der Waals surface area contributed by atoms with Crippen molar-refractivity contribution < 1.29 is 9.53 Å². The summed E-state index contributed by atoms with van der Waals surface area (Å²) in [5.41, 5.74) is 6.04. The van der Waals surface area contributed by atoms with Crippen molar-refractivity contribution in [1.82, 2.24) is 5.32 Å². The van der Waals surface area contributed by atoms with Crippen molar-refractivity contribution in [3.05, 3.63) is 0 Å². The molecule has 0 saturated heterocycles. The molecule has 3 N–H and O–H groups in total. The fourth-order valence-electron chi connectivity index (χ4n) is 3.48. The molecule has 2 atom stereocenters. The number of methoxy groups -OCH3 is 1. The highest BCUT2D eigenvalue weighted by molar-refractivity contribution is 5.85. The van der Waals surface area contributed by atoms with E-state index in [-0.39, 0.29) is 35.7 Å². The first kappa shape index (κ1) is 16.7. The highest BCUT2D eigenvalue weighted by atomic mass is 35.5. The van der Waals surface area contributed by atoms with Crippen LogP contribution in [0.5, 0.6) is 0 Å². The maximum Gasteiger partial charge on any atom is 0.223 e. The van der Waals surface area contributed by atoms with Gasteiger partial charge in [0.1, 0.15) is 0 Å². The van der Waals surface area contributed by atoms with Gasteiger partial charge in [-0.25, -0.2) is 0 Å². The molecule has 19 heavy (non-hydrogen) atoms. The Labute approximate surface area is 122 Å². The van der Waals surface area contributed by atoms with Gasteiger partial charge in [-0.15, -0.1) is 12.4 Å². The number of carbonyl (C=O) groups excluding carboxylic acids is 1. The highest BCUT2D eigenvalue weighted by Gasteiger charge is 2.35. The third kappa shape index (κ3) is 4.33. The van der Waals surface area contributed by atoms with Gasteiger partial charge >= 0.3 is 0 Å². The number of halogens is 1. The topological polar surface area (TPSA) is 64.3 Å². The third-order valence-corrected chi connectivity index (χ3v) is 4.60. The van der Waals surface area contributed by atoms with E-state index < -0.39 is 0 Å². The number of rotatable bonds is 5. The minimum atomic E-state index is 0. The lowest BCUT2D eigenvalue weighted by Crippen LogP contribution is -2.41. The molecule has 2 fully saturated rings. The number of hydrogen-bond acceptors (Lipinski definition) is 3. The summed E-state index contributed by atoms with van der Waals surface area (Å²) >= 11 is 0. The van der Waals surface area contributed by atoms with Crippen LogP contribution in [-0.4, -0.2) is 32.2 Å². The smallest absolute Gasteiger partial charge is 0.223 e. The van der Waals surface area contributed by atoms with E-state index in [2.05, 4.69) is 5.32 Å². The predicted molar refractivity (Wildman–Crippen MR) is 78.4 cm³/mol. The summed E-state index contributed by atoms with van der Waals surface area (Å²) in [4.78, 5) is 12.1. The molecule has 0 unspecified atom stereocenters. The zero-order valence-electron chi connectivity index (χ0n) is 11.8. The zero-order valence-corrected chi connectivity index (χ0v) is 12.6. The Kier molecular flexibility index (Phi) is 6.57. The van der Waals surface area contributed by atoms with Crippen molar-refractivity contribution in [3.63, 3.8) is 0 Å². The third-order valence-electron chi connectivity index (χ3n) is 4.60. The molecule has 112 valence electrons. The van der Waals surface area contributed by atoms with Gasteiger partial charge in [0.15, 0.2) is 0 Å². The van der Waals surface area contributed by atoms with Gasteiger partial charge in [0.25, 0.3) is 0 Å². The molecule has 0 aromatic rings. The van der Waals surface area contributed by atoms with Crippen LogP contribution >= 0.6 is 12.4 Å². The van der Waals surface area contributed by atoms with Crippen LogP contribution in [0.25, 0.3) is 0 Å². The van der Waals surface area contributed by atoms with Crippen molar-refractivity contribution in [2.45, 2.75) is 51.0 Å². The van der Waals surface area contributed by atoms with Crippen molar-refractivity contribution in [3.8, 4) is 0 Å². The van der Waals surface area contributed by atoms with Crippen LogP contribution in [0.15, 0.2) is 0 Å². The number of hydrogen-bond donors (Lipinski definition) is 2. The average Bonchev–Trinajstić information content (AvgIpc) is 2.97. The van der Waals surface area contributed by atoms with Crippen molar-refractivity contribution in [1.29, 1.82) is 0 Å². The van der Waals surface area contributed by atoms with Crippen molar-refractivity contribution in [2.24, 2.45) is 17.1 Å². The molecule has 1 amide bonds. The lowest BCUT2D eigenvalue weighted by atomic mass is 9.87. The molecule has 2 aliphatic rings. The van der Waals surface area contributed by atoms with Crippen LogP contribution in [0.2, 0.25) is 0 Å². The molecule has 4 nitrogen and oxygen atoms in total. The first-order valence-electron chi connectivity index (χ1n) is 7.17. The van der Waals surface area contributed by atoms with E-state index in [1.807, 2.05) is 0 Å². The van der Waals surface area contributed by atoms with Crippen LogP contribution in [0.3, 0.4) is 0 Å². The lowest BCUT2D eigenvalue weighted by Gasteiger charge is -2.28. The average molecular weight is 291 g/mol. The quantitative estimate of drug-likeness (QED) is 0.812. The maximum absolute atomic E-state index is 12.1. The second kappa shape index (κ2) is 7.46.